The molecule has 116 valence electrons. The Bertz CT molecular complexity index is 478. The number of ether oxygens (including phenoxy) is 1. The second kappa shape index (κ2) is 7.00. The molecule has 0 aromatic heterocycles. The summed E-state index contributed by atoms with van der Waals surface area (Å²) in [5.41, 5.74) is 6.91. The average molecular weight is 294 g/mol. The molecule has 1 fully saturated rings. The summed E-state index contributed by atoms with van der Waals surface area (Å²) in [5.74, 6) is -0.148. The van der Waals surface area contributed by atoms with Crippen LogP contribution in [0.25, 0.3) is 0 Å². The molecule has 0 bridgehead atoms. The van der Waals surface area contributed by atoms with Gasteiger partial charge in [0.1, 0.15) is 11.9 Å². The summed E-state index contributed by atoms with van der Waals surface area (Å²) in [7, 11) is 0. The predicted octanol–water partition coefficient (Wildman–Crippen LogP) is 2.10. The SMILES string of the molecule is CC[C@H](C)[C@H](N)C(=O)N1CCOC(c2ccc(F)cc2)C1. The fourth-order valence-corrected chi connectivity index (χ4v) is 2.44. The lowest BCUT2D eigenvalue weighted by Crippen LogP contribution is -2.51. The van der Waals surface area contributed by atoms with Crippen LogP contribution < -0.4 is 5.73 Å². The third-order valence-electron chi connectivity index (χ3n) is 4.16. The zero-order valence-electron chi connectivity index (χ0n) is 12.6. The Morgan fingerprint density at radius 2 is 2.14 bits per heavy atom. The molecule has 5 heteroatoms. The minimum atomic E-state index is -0.470. The third kappa shape index (κ3) is 3.80. The summed E-state index contributed by atoms with van der Waals surface area (Å²) in [5, 5.41) is 0. The Kier molecular flexibility index (Phi) is 5.31. The van der Waals surface area contributed by atoms with Crippen LogP contribution in [-0.4, -0.2) is 36.5 Å². The first kappa shape index (κ1) is 15.9. The van der Waals surface area contributed by atoms with Gasteiger partial charge in [0.05, 0.1) is 19.2 Å². The van der Waals surface area contributed by atoms with E-state index in [0.29, 0.717) is 19.7 Å². The number of hydrogen-bond donors (Lipinski definition) is 1. The number of nitrogens with two attached hydrogens (primary N) is 1. The Hall–Kier alpha value is -1.46. The van der Waals surface area contributed by atoms with Gasteiger partial charge in [-0.25, -0.2) is 4.39 Å². The van der Waals surface area contributed by atoms with Gasteiger partial charge in [-0.3, -0.25) is 4.79 Å². The number of rotatable bonds is 4. The highest BCUT2D eigenvalue weighted by Crippen LogP contribution is 2.23. The maximum absolute atomic E-state index is 13.0. The molecule has 0 aliphatic carbocycles. The summed E-state index contributed by atoms with van der Waals surface area (Å²) in [6, 6.07) is 5.74. The van der Waals surface area contributed by atoms with Crippen LogP contribution in [0.3, 0.4) is 0 Å². The molecule has 3 atom stereocenters. The smallest absolute Gasteiger partial charge is 0.239 e. The van der Waals surface area contributed by atoms with E-state index >= 15 is 0 Å². The lowest BCUT2D eigenvalue weighted by Gasteiger charge is -2.35. The van der Waals surface area contributed by atoms with Gasteiger partial charge in [-0.1, -0.05) is 32.4 Å². The number of morpholine rings is 1. The van der Waals surface area contributed by atoms with Crippen LogP contribution >= 0.6 is 0 Å². The molecule has 2 N–H and O–H groups in total. The summed E-state index contributed by atoms with van der Waals surface area (Å²) in [6.07, 6.45) is 0.658. The first-order chi connectivity index (χ1) is 10.0. The van der Waals surface area contributed by atoms with Gasteiger partial charge in [0.25, 0.3) is 0 Å². The Balaban J connectivity index is 2.03. The zero-order valence-corrected chi connectivity index (χ0v) is 12.6. The molecule has 1 aromatic rings. The van der Waals surface area contributed by atoms with E-state index < -0.39 is 6.04 Å². The van der Waals surface area contributed by atoms with Gasteiger partial charge in [-0.05, 0) is 23.6 Å². The molecule has 21 heavy (non-hydrogen) atoms. The van der Waals surface area contributed by atoms with E-state index in [0.717, 1.165) is 12.0 Å². The van der Waals surface area contributed by atoms with E-state index in [1.165, 1.54) is 12.1 Å². The van der Waals surface area contributed by atoms with E-state index in [9.17, 15) is 9.18 Å². The molecule has 1 aliphatic rings. The normalized spacial score (nSPS) is 21.9. The second-order valence-electron chi connectivity index (χ2n) is 5.61. The van der Waals surface area contributed by atoms with Crippen molar-refractivity contribution in [1.82, 2.24) is 4.90 Å². The third-order valence-corrected chi connectivity index (χ3v) is 4.16. The number of carbonyl (C=O) groups is 1. The van der Waals surface area contributed by atoms with Crippen LogP contribution in [0, 0.1) is 11.7 Å². The second-order valence-corrected chi connectivity index (χ2v) is 5.61. The first-order valence-corrected chi connectivity index (χ1v) is 7.44. The van der Waals surface area contributed by atoms with Crippen molar-refractivity contribution in [3.05, 3.63) is 35.6 Å². The van der Waals surface area contributed by atoms with Gasteiger partial charge >= 0.3 is 0 Å². The van der Waals surface area contributed by atoms with Crippen molar-refractivity contribution < 1.29 is 13.9 Å². The highest BCUT2D eigenvalue weighted by molar-refractivity contribution is 5.82. The summed E-state index contributed by atoms with van der Waals surface area (Å²) in [4.78, 5) is 14.2. The monoisotopic (exact) mass is 294 g/mol. The summed E-state index contributed by atoms with van der Waals surface area (Å²) >= 11 is 0. The molecule has 1 saturated heterocycles. The number of benzene rings is 1. The van der Waals surface area contributed by atoms with Crippen molar-refractivity contribution in [2.45, 2.75) is 32.4 Å². The molecule has 2 rings (SSSR count). The van der Waals surface area contributed by atoms with Gasteiger partial charge in [-0.15, -0.1) is 0 Å². The number of hydrogen-bond acceptors (Lipinski definition) is 3. The molecule has 1 unspecified atom stereocenters. The lowest BCUT2D eigenvalue weighted by atomic mass is 9.98. The van der Waals surface area contributed by atoms with Gasteiger partial charge in [-0.2, -0.15) is 0 Å². The van der Waals surface area contributed by atoms with Crippen molar-refractivity contribution in [3.63, 3.8) is 0 Å². The number of amides is 1. The van der Waals surface area contributed by atoms with E-state index in [4.69, 9.17) is 10.5 Å². The van der Waals surface area contributed by atoms with E-state index in [1.54, 1.807) is 17.0 Å². The maximum atomic E-state index is 13.0. The van der Waals surface area contributed by atoms with Crippen molar-refractivity contribution in [1.29, 1.82) is 0 Å². The maximum Gasteiger partial charge on any atom is 0.239 e. The minimum absolute atomic E-state index is 0.0280. The van der Waals surface area contributed by atoms with Crippen LogP contribution in [-0.2, 0) is 9.53 Å². The van der Waals surface area contributed by atoms with Crippen LogP contribution in [0.4, 0.5) is 4.39 Å². The van der Waals surface area contributed by atoms with Gasteiger partial charge in [0.15, 0.2) is 0 Å². The lowest BCUT2D eigenvalue weighted by molar-refractivity contribution is -0.141. The Morgan fingerprint density at radius 1 is 1.48 bits per heavy atom. The van der Waals surface area contributed by atoms with Crippen molar-refractivity contribution in [2.24, 2.45) is 11.7 Å². The van der Waals surface area contributed by atoms with Crippen LogP contribution in [0.2, 0.25) is 0 Å². The molecule has 1 aliphatic heterocycles. The standard InChI is InChI=1S/C16H23FN2O2/c1-3-11(2)15(18)16(20)19-8-9-21-14(10-19)12-4-6-13(17)7-5-12/h4-7,11,14-15H,3,8-10,18H2,1-2H3/t11-,14?,15-/m0/s1. The van der Waals surface area contributed by atoms with Gasteiger partial charge in [0.2, 0.25) is 5.91 Å². The Labute approximate surface area is 125 Å². The summed E-state index contributed by atoms with van der Waals surface area (Å²) < 4.78 is 18.7. The van der Waals surface area contributed by atoms with Crippen LogP contribution in [0.15, 0.2) is 24.3 Å². The van der Waals surface area contributed by atoms with Crippen molar-refractivity contribution in [2.75, 3.05) is 19.7 Å². The van der Waals surface area contributed by atoms with Crippen LogP contribution in [0.5, 0.6) is 0 Å². The molecule has 1 aromatic carbocycles. The average Bonchev–Trinajstić information content (AvgIpc) is 2.53. The quantitative estimate of drug-likeness (QED) is 0.925. The van der Waals surface area contributed by atoms with Crippen molar-refractivity contribution >= 4 is 5.91 Å². The minimum Gasteiger partial charge on any atom is -0.370 e. The van der Waals surface area contributed by atoms with Gasteiger partial charge < -0.3 is 15.4 Å². The fourth-order valence-electron chi connectivity index (χ4n) is 2.44. The van der Waals surface area contributed by atoms with Gasteiger partial charge in [0, 0.05) is 6.54 Å². The number of halogens is 1. The molecule has 0 radical (unpaired) electrons. The number of carbonyl (C=O) groups excluding carboxylic acids is 1. The summed E-state index contributed by atoms with van der Waals surface area (Å²) in [6.45, 7) is 5.51. The van der Waals surface area contributed by atoms with E-state index in [1.807, 2.05) is 13.8 Å². The molecule has 1 amide bonds. The predicted molar refractivity (Wildman–Crippen MR) is 79.1 cm³/mol. The van der Waals surface area contributed by atoms with Crippen LogP contribution in [0.1, 0.15) is 31.9 Å². The first-order valence-electron chi connectivity index (χ1n) is 7.44. The molecule has 1 heterocycles. The Morgan fingerprint density at radius 3 is 2.76 bits per heavy atom. The highest BCUT2D eigenvalue weighted by Gasteiger charge is 2.30. The highest BCUT2D eigenvalue weighted by atomic mass is 19.1. The topological polar surface area (TPSA) is 55.6 Å². The van der Waals surface area contributed by atoms with E-state index in [2.05, 4.69) is 0 Å². The number of nitrogens with zero attached hydrogens (tertiary/aromatic N) is 1. The molecular formula is C16H23FN2O2. The van der Waals surface area contributed by atoms with E-state index in [-0.39, 0.29) is 23.7 Å². The fraction of sp³-hybridized carbons (Fsp3) is 0.562. The zero-order chi connectivity index (χ0) is 15.4. The largest absolute Gasteiger partial charge is 0.370 e. The molecule has 0 saturated carbocycles. The molecule has 4 nitrogen and oxygen atoms in total. The molecular weight excluding hydrogens is 271 g/mol. The van der Waals surface area contributed by atoms with Crippen molar-refractivity contribution in [3.8, 4) is 0 Å². The molecule has 0 spiro atoms.